The first-order valence-electron chi connectivity index (χ1n) is 5.45. The van der Waals surface area contributed by atoms with Crippen LogP contribution in [0.2, 0.25) is 5.02 Å². The minimum absolute atomic E-state index is 0.000829. The topological polar surface area (TPSA) is 38.3 Å². The van der Waals surface area contributed by atoms with E-state index < -0.39 is 0 Å². The van der Waals surface area contributed by atoms with Crippen molar-refractivity contribution in [2.75, 3.05) is 19.4 Å². The maximum Gasteiger partial charge on any atom is 0.230 e. The molecule has 0 bridgehead atoms. The summed E-state index contributed by atoms with van der Waals surface area (Å²) < 4.78 is 5.24. The normalized spacial score (nSPS) is 9.89. The van der Waals surface area contributed by atoms with Crippen LogP contribution in [0.3, 0.4) is 0 Å². The number of hydrogen-bond donors (Lipinski definition) is 1. The van der Waals surface area contributed by atoms with Crippen LogP contribution in [0.25, 0.3) is 0 Å². The third-order valence-electron chi connectivity index (χ3n) is 2.18. The number of amides is 1. The van der Waals surface area contributed by atoms with Gasteiger partial charge in [0, 0.05) is 22.9 Å². The van der Waals surface area contributed by atoms with Gasteiger partial charge in [-0.1, -0.05) is 17.7 Å². The number of ether oxygens (including phenoxy) is 1. The van der Waals surface area contributed by atoms with Gasteiger partial charge in [-0.15, -0.1) is 18.3 Å². The van der Waals surface area contributed by atoms with E-state index in [0.717, 1.165) is 11.3 Å². The number of hydrogen-bond acceptors (Lipinski definition) is 3. The Balaban J connectivity index is 2.45. The maximum absolute atomic E-state index is 11.4. The summed E-state index contributed by atoms with van der Waals surface area (Å²) in [6.07, 6.45) is 1.66. The van der Waals surface area contributed by atoms with Crippen molar-refractivity contribution in [1.82, 2.24) is 5.32 Å². The second-order valence-electron chi connectivity index (χ2n) is 3.54. The van der Waals surface area contributed by atoms with Gasteiger partial charge >= 0.3 is 0 Å². The van der Waals surface area contributed by atoms with Crippen molar-refractivity contribution in [3.05, 3.63) is 41.4 Å². The molecule has 0 saturated carbocycles. The molecule has 0 aromatic heterocycles. The Labute approximate surface area is 117 Å². The van der Waals surface area contributed by atoms with Gasteiger partial charge in [-0.25, -0.2) is 0 Å². The van der Waals surface area contributed by atoms with Crippen LogP contribution in [0.4, 0.5) is 0 Å². The van der Waals surface area contributed by atoms with Crippen LogP contribution in [0.15, 0.2) is 30.9 Å². The summed E-state index contributed by atoms with van der Waals surface area (Å²) in [6.45, 7) is 4.04. The number of thioether (sulfide) groups is 1. The van der Waals surface area contributed by atoms with Crippen LogP contribution in [0, 0.1) is 0 Å². The molecule has 18 heavy (non-hydrogen) atoms. The van der Waals surface area contributed by atoms with Gasteiger partial charge in [0.25, 0.3) is 0 Å². The standard InChI is InChI=1S/C13H16ClNO2S/c1-3-6-15-13(16)9-18-8-10-7-11(14)4-5-12(10)17-2/h3-5,7H,1,6,8-9H2,2H3,(H,15,16). The molecule has 3 nitrogen and oxygen atoms in total. The van der Waals surface area contributed by atoms with E-state index in [1.807, 2.05) is 12.1 Å². The number of methoxy groups -OCH3 is 1. The lowest BCUT2D eigenvalue weighted by Crippen LogP contribution is -2.24. The minimum Gasteiger partial charge on any atom is -0.496 e. The van der Waals surface area contributed by atoms with Gasteiger partial charge in [-0.3, -0.25) is 4.79 Å². The largest absolute Gasteiger partial charge is 0.496 e. The van der Waals surface area contributed by atoms with Gasteiger partial charge < -0.3 is 10.1 Å². The SMILES string of the molecule is C=CCNC(=O)CSCc1cc(Cl)ccc1OC. The fourth-order valence-corrected chi connectivity index (χ4v) is 2.38. The molecule has 1 amide bonds. The highest BCUT2D eigenvalue weighted by Gasteiger charge is 2.06. The first-order chi connectivity index (χ1) is 8.67. The van der Waals surface area contributed by atoms with Crippen LogP contribution in [-0.4, -0.2) is 25.3 Å². The summed E-state index contributed by atoms with van der Waals surface area (Å²) in [5.41, 5.74) is 0.992. The van der Waals surface area contributed by atoms with Crippen molar-refractivity contribution < 1.29 is 9.53 Å². The second-order valence-corrected chi connectivity index (χ2v) is 4.96. The molecule has 1 N–H and O–H groups in total. The third-order valence-corrected chi connectivity index (χ3v) is 3.39. The van der Waals surface area contributed by atoms with Gasteiger partial charge in [0.05, 0.1) is 12.9 Å². The summed E-state index contributed by atoms with van der Waals surface area (Å²) in [5, 5.41) is 3.39. The molecule has 0 aliphatic rings. The number of nitrogens with one attached hydrogen (secondary N) is 1. The molecular formula is C13H16ClNO2S. The fourth-order valence-electron chi connectivity index (χ4n) is 1.35. The highest BCUT2D eigenvalue weighted by molar-refractivity contribution is 7.99. The van der Waals surface area contributed by atoms with Gasteiger partial charge in [0.2, 0.25) is 5.91 Å². The molecule has 98 valence electrons. The number of halogens is 1. The van der Waals surface area contributed by atoms with Crippen LogP contribution in [-0.2, 0) is 10.5 Å². The second kappa shape index (κ2) is 8.06. The smallest absolute Gasteiger partial charge is 0.230 e. The summed E-state index contributed by atoms with van der Waals surface area (Å²) in [7, 11) is 1.62. The maximum atomic E-state index is 11.4. The Morgan fingerprint density at radius 3 is 3.06 bits per heavy atom. The molecule has 0 atom stereocenters. The molecular weight excluding hydrogens is 270 g/mol. The van der Waals surface area contributed by atoms with E-state index in [4.69, 9.17) is 16.3 Å². The average Bonchev–Trinajstić information content (AvgIpc) is 2.36. The lowest BCUT2D eigenvalue weighted by atomic mass is 10.2. The van der Waals surface area contributed by atoms with Crippen molar-refractivity contribution in [2.45, 2.75) is 5.75 Å². The predicted molar refractivity (Wildman–Crippen MR) is 77.4 cm³/mol. The minimum atomic E-state index is 0.000829. The summed E-state index contributed by atoms with van der Waals surface area (Å²) in [5.74, 6) is 1.88. The molecule has 0 spiro atoms. The Morgan fingerprint density at radius 2 is 2.39 bits per heavy atom. The molecule has 1 aromatic carbocycles. The third kappa shape index (κ3) is 5.02. The summed E-state index contributed by atoms with van der Waals surface area (Å²) in [6, 6.07) is 5.47. The van der Waals surface area contributed by atoms with Crippen LogP contribution >= 0.6 is 23.4 Å². The molecule has 0 aliphatic heterocycles. The van der Waals surface area contributed by atoms with Gasteiger partial charge in [0.15, 0.2) is 0 Å². The Bertz CT molecular complexity index is 423. The van der Waals surface area contributed by atoms with Gasteiger partial charge in [-0.2, -0.15) is 0 Å². The van der Waals surface area contributed by atoms with E-state index in [9.17, 15) is 4.79 Å². The zero-order chi connectivity index (χ0) is 13.4. The molecule has 0 radical (unpaired) electrons. The van der Waals surface area contributed by atoms with Crippen LogP contribution in [0.1, 0.15) is 5.56 Å². The molecule has 0 aliphatic carbocycles. The van der Waals surface area contributed by atoms with E-state index in [1.165, 1.54) is 11.8 Å². The number of benzene rings is 1. The van der Waals surface area contributed by atoms with Crippen molar-refractivity contribution in [2.24, 2.45) is 0 Å². The fraction of sp³-hybridized carbons (Fsp3) is 0.308. The average molecular weight is 286 g/mol. The molecule has 1 aromatic rings. The molecule has 0 fully saturated rings. The van der Waals surface area contributed by atoms with Crippen LogP contribution < -0.4 is 10.1 Å². The highest BCUT2D eigenvalue weighted by Crippen LogP contribution is 2.26. The molecule has 0 saturated heterocycles. The molecule has 1 rings (SSSR count). The predicted octanol–water partition coefficient (Wildman–Crippen LogP) is 2.88. The number of carbonyl (C=O) groups excluding carboxylic acids is 1. The molecule has 5 heteroatoms. The number of rotatable bonds is 7. The molecule has 0 unspecified atom stereocenters. The highest BCUT2D eigenvalue weighted by atomic mass is 35.5. The monoisotopic (exact) mass is 285 g/mol. The van der Waals surface area contributed by atoms with E-state index in [-0.39, 0.29) is 5.91 Å². The van der Waals surface area contributed by atoms with E-state index in [1.54, 1.807) is 19.3 Å². The molecule has 0 heterocycles. The Kier molecular flexibility index (Phi) is 6.68. The lowest BCUT2D eigenvalue weighted by Gasteiger charge is -2.08. The van der Waals surface area contributed by atoms with E-state index >= 15 is 0 Å². The van der Waals surface area contributed by atoms with Gasteiger partial charge in [0.1, 0.15) is 5.75 Å². The number of carbonyl (C=O) groups is 1. The van der Waals surface area contributed by atoms with E-state index in [2.05, 4.69) is 11.9 Å². The zero-order valence-electron chi connectivity index (χ0n) is 10.2. The Hall–Kier alpha value is -1.13. The lowest BCUT2D eigenvalue weighted by molar-refractivity contribution is -0.118. The van der Waals surface area contributed by atoms with Gasteiger partial charge in [-0.05, 0) is 18.2 Å². The van der Waals surface area contributed by atoms with E-state index in [0.29, 0.717) is 23.1 Å². The van der Waals surface area contributed by atoms with Crippen LogP contribution in [0.5, 0.6) is 5.75 Å². The van der Waals surface area contributed by atoms with Crippen molar-refractivity contribution in [3.8, 4) is 5.75 Å². The first-order valence-corrected chi connectivity index (χ1v) is 6.98. The van der Waals surface area contributed by atoms with Crippen molar-refractivity contribution >= 4 is 29.3 Å². The summed E-state index contributed by atoms with van der Waals surface area (Å²) in [4.78, 5) is 11.4. The van der Waals surface area contributed by atoms with Crippen molar-refractivity contribution in [3.63, 3.8) is 0 Å². The first kappa shape index (κ1) is 14.9. The summed E-state index contributed by atoms with van der Waals surface area (Å²) >= 11 is 7.45. The Morgan fingerprint density at radius 1 is 1.61 bits per heavy atom. The van der Waals surface area contributed by atoms with Crippen molar-refractivity contribution in [1.29, 1.82) is 0 Å². The quantitative estimate of drug-likeness (QED) is 0.783. The zero-order valence-corrected chi connectivity index (χ0v) is 11.8.